The number of hydrogen-bond donors (Lipinski definition) is 1. The van der Waals surface area contributed by atoms with Gasteiger partial charge in [-0.25, -0.2) is 0 Å². The molecule has 2 N–H and O–H groups in total. The van der Waals surface area contributed by atoms with Crippen LogP contribution in [0.15, 0.2) is 0 Å². The second-order valence-electron chi connectivity index (χ2n) is 5.27. The van der Waals surface area contributed by atoms with Crippen molar-refractivity contribution in [1.82, 2.24) is 0 Å². The molecule has 1 unspecified atom stereocenters. The van der Waals surface area contributed by atoms with Crippen LogP contribution in [0.3, 0.4) is 0 Å². The van der Waals surface area contributed by atoms with Crippen molar-refractivity contribution in [3.05, 3.63) is 0 Å². The first-order valence-corrected chi connectivity index (χ1v) is 4.46. The summed E-state index contributed by atoms with van der Waals surface area (Å²) in [6, 6.07) is 0. The van der Waals surface area contributed by atoms with E-state index in [4.69, 9.17) is 5.73 Å². The molecule has 0 spiro atoms. The molecule has 0 aliphatic heterocycles. The molecule has 0 aromatic rings. The van der Waals surface area contributed by atoms with E-state index in [9.17, 15) is 0 Å². The topological polar surface area (TPSA) is 26.0 Å². The Hall–Kier alpha value is -0.0400. The van der Waals surface area contributed by atoms with Crippen LogP contribution in [0.5, 0.6) is 0 Å². The van der Waals surface area contributed by atoms with E-state index in [2.05, 4.69) is 41.5 Å². The Kier molecular flexibility index (Phi) is 3.13. The lowest BCUT2D eigenvalue weighted by Crippen LogP contribution is -2.49. The summed E-state index contributed by atoms with van der Waals surface area (Å²) in [5.74, 6) is 0.684. The van der Waals surface area contributed by atoms with Gasteiger partial charge in [0.1, 0.15) is 0 Å². The summed E-state index contributed by atoms with van der Waals surface area (Å²) in [5, 5.41) is 0. The maximum atomic E-state index is 6.19. The van der Waals surface area contributed by atoms with Gasteiger partial charge in [0.2, 0.25) is 0 Å². The van der Waals surface area contributed by atoms with Crippen molar-refractivity contribution in [1.29, 1.82) is 0 Å². The second kappa shape index (κ2) is 3.14. The molecule has 0 amide bonds. The molecule has 0 saturated carbocycles. The molecule has 0 heterocycles. The summed E-state index contributed by atoms with van der Waals surface area (Å²) in [4.78, 5) is 0. The highest BCUT2D eigenvalue weighted by atomic mass is 14.8. The maximum absolute atomic E-state index is 6.19. The minimum absolute atomic E-state index is 0.0405. The third-order valence-electron chi connectivity index (χ3n) is 2.55. The van der Waals surface area contributed by atoms with Crippen molar-refractivity contribution < 1.29 is 0 Å². The van der Waals surface area contributed by atoms with Crippen LogP contribution in [0.25, 0.3) is 0 Å². The maximum Gasteiger partial charge on any atom is 0.0177 e. The fourth-order valence-corrected chi connectivity index (χ4v) is 1.15. The van der Waals surface area contributed by atoms with Crippen LogP contribution in [0, 0.1) is 11.3 Å². The minimum Gasteiger partial charge on any atom is -0.325 e. The SMILES string of the molecule is CC(C)CC(C)(N)C(C)(C)C. The molecule has 11 heavy (non-hydrogen) atoms. The number of rotatable bonds is 2. The minimum atomic E-state index is -0.0405. The van der Waals surface area contributed by atoms with Crippen LogP contribution in [0.2, 0.25) is 0 Å². The molecule has 1 atom stereocenters. The van der Waals surface area contributed by atoms with Crippen LogP contribution >= 0.6 is 0 Å². The predicted molar refractivity (Wildman–Crippen MR) is 51.5 cm³/mol. The van der Waals surface area contributed by atoms with Gasteiger partial charge in [-0.05, 0) is 24.7 Å². The van der Waals surface area contributed by atoms with E-state index in [-0.39, 0.29) is 11.0 Å². The van der Waals surface area contributed by atoms with Gasteiger partial charge in [0, 0.05) is 5.54 Å². The summed E-state index contributed by atoms with van der Waals surface area (Å²) < 4.78 is 0. The first-order chi connectivity index (χ1) is 4.67. The molecule has 0 fully saturated rings. The Balaban J connectivity index is 4.22. The van der Waals surface area contributed by atoms with Gasteiger partial charge in [-0.1, -0.05) is 34.6 Å². The molecule has 68 valence electrons. The lowest BCUT2D eigenvalue weighted by Gasteiger charge is -2.39. The summed E-state index contributed by atoms with van der Waals surface area (Å²) >= 11 is 0. The molecular formula is C10H23N. The van der Waals surface area contributed by atoms with Crippen LogP contribution < -0.4 is 5.73 Å². The highest BCUT2D eigenvalue weighted by Crippen LogP contribution is 2.32. The summed E-state index contributed by atoms with van der Waals surface area (Å²) in [7, 11) is 0. The average molecular weight is 157 g/mol. The van der Waals surface area contributed by atoms with Gasteiger partial charge in [-0.3, -0.25) is 0 Å². The predicted octanol–water partition coefficient (Wildman–Crippen LogP) is 2.80. The van der Waals surface area contributed by atoms with Gasteiger partial charge in [-0.2, -0.15) is 0 Å². The third kappa shape index (κ3) is 3.24. The molecule has 1 nitrogen and oxygen atoms in total. The zero-order chi connectivity index (χ0) is 9.28. The van der Waals surface area contributed by atoms with Crippen molar-refractivity contribution in [2.45, 2.75) is 53.5 Å². The molecule has 0 aliphatic carbocycles. The van der Waals surface area contributed by atoms with E-state index in [1.165, 1.54) is 0 Å². The van der Waals surface area contributed by atoms with E-state index >= 15 is 0 Å². The van der Waals surface area contributed by atoms with Crippen LogP contribution in [-0.4, -0.2) is 5.54 Å². The number of hydrogen-bond acceptors (Lipinski definition) is 1. The fraction of sp³-hybridized carbons (Fsp3) is 1.00. The average Bonchev–Trinajstić information content (AvgIpc) is 1.56. The molecular weight excluding hydrogens is 134 g/mol. The van der Waals surface area contributed by atoms with Gasteiger partial charge in [0.05, 0.1) is 0 Å². The molecule has 0 radical (unpaired) electrons. The van der Waals surface area contributed by atoms with E-state index in [1.54, 1.807) is 0 Å². The van der Waals surface area contributed by atoms with Crippen LogP contribution in [0.4, 0.5) is 0 Å². The third-order valence-corrected chi connectivity index (χ3v) is 2.55. The highest BCUT2D eigenvalue weighted by Gasteiger charge is 2.33. The fourth-order valence-electron chi connectivity index (χ4n) is 1.15. The van der Waals surface area contributed by atoms with Gasteiger partial charge < -0.3 is 5.73 Å². The van der Waals surface area contributed by atoms with E-state index in [1.807, 2.05) is 0 Å². The quantitative estimate of drug-likeness (QED) is 0.655. The van der Waals surface area contributed by atoms with Crippen molar-refractivity contribution in [2.75, 3.05) is 0 Å². The summed E-state index contributed by atoms with van der Waals surface area (Å²) in [6.45, 7) is 13.2. The molecule has 0 aromatic heterocycles. The highest BCUT2D eigenvalue weighted by molar-refractivity contribution is 4.91. The van der Waals surface area contributed by atoms with E-state index in [0.29, 0.717) is 5.92 Å². The Labute approximate surface area is 71.4 Å². The molecule has 0 bridgehead atoms. The standard InChI is InChI=1S/C10H23N/c1-8(2)7-10(6,11)9(3,4)5/h8H,7,11H2,1-6H3. The molecule has 1 heteroatoms. The molecule has 0 aromatic carbocycles. The van der Waals surface area contributed by atoms with Crippen molar-refractivity contribution in [3.8, 4) is 0 Å². The Morgan fingerprint density at radius 3 is 1.55 bits per heavy atom. The van der Waals surface area contributed by atoms with E-state index in [0.717, 1.165) is 6.42 Å². The monoisotopic (exact) mass is 157 g/mol. The first kappa shape index (κ1) is 11.0. The Morgan fingerprint density at radius 2 is 1.45 bits per heavy atom. The molecule has 0 rings (SSSR count). The van der Waals surface area contributed by atoms with Crippen molar-refractivity contribution in [2.24, 2.45) is 17.1 Å². The van der Waals surface area contributed by atoms with Gasteiger partial charge in [-0.15, -0.1) is 0 Å². The van der Waals surface area contributed by atoms with Crippen LogP contribution in [-0.2, 0) is 0 Å². The largest absolute Gasteiger partial charge is 0.325 e. The summed E-state index contributed by atoms with van der Waals surface area (Å²) in [6.07, 6.45) is 1.09. The zero-order valence-corrected chi connectivity index (χ0v) is 8.86. The van der Waals surface area contributed by atoms with Gasteiger partial charge >= 0.3 is 0 Å². The second-order valence-corrected chi connectivity index (χ2v) is 5.27. The van der Waals surface area contributed by atoms with E-state index < -0.39 is 0 Å². The normalized spacial score (nSPS) is 18.5. The first-order valence-electron chi connectivity index (χ1n) is 4.46. The zero-order valence-electron chi connectivity index (χ0n) is 8.86. The molecule has 0 aliphatic rings. The van der Waals surface area contributed by atoms with Crippen molar-refractivity contribution >= 4 is 0 Å². The number of nitrogens with two attached hydrogens (primary N) is 1. The summed E-state index contributed by atoms with van der Waals surface area (Å²) in [5.41, 5.74) is 6.36. The Bertz CT molecular complexity index is 117. The lowest BCUT2D eigenvalue weighted by atomic mass is 9.71. The Morgan fingerprint density at radius 1 is 1.09 bits per heavy atom. The lowest BCUT2D eigenvalue weighted by molar-refractivity contribution is 0.175. The smallest absolute Gasteiger partial charge is 0.0177 e. The van der Waals surface area contributed by atoms with Crippen LogP contribution in [0.1, 0.15) is 48.0 Å². The van der Waals surface area contributed by atoms with Gasteiger partial charge in [0.25, 0.3) is 0 Å². The molecule has 0 saturated heterocycles. The van der Waals surface area contributed by atoms with Gasteiger partial charge in [0.15, 0.2) is 0 Å². The van der Waals surface area contributed by atoms with Crippen molar-refractivity contribution in [3.63, 3.8) is 0 Å².